The molecule has 4 heteroatoms. The first-order valence-electron chi connectivity index (χ1n) is 7.17. The fourth-order valence-corrected chi connectivity index (χ4v) is 6.31. The Morgan fingerprint density at radius 2 is 1.84 bits per heavy atom. The van der Waals surface area contributed by atoms with Gasteiger partial charge in [0.05, 0.1) is 4.08 Å². The summed E-state index contributed by atoms with van der Waals surface area (Å²) in [6.45, 7) is 7.76. The van der Waals surface area contributed by atoms with Gasteiger partial charge in [-0.2, -0.15) is 0 Å². The Bertz CT molecular complexity index is 348. The highest BCUT2D eigenvalue weighted by Gasteiger charge is 2.44. The van der Waals surface area contributed by atoms with E-state index < -0.39 is 0 Å². The minimum Gasteiger partial charge on any atom is -0.459 e. The van der Waals surface area contributed by atoms with E-state index in [-0.39, 0.29) is 16.2 Å². The molecule has 0 amide bonds. The van der Waals surface area contributed by atoms with Gasteiger partial charge in [-0.3, -0.25) is 0 Å². The Balaban J connectivity index is 2.06. The third kappa shape index (κ3) is 3.72. The van der Waals surface area contributed by atoms with Crippen LogP contribution < -0.4 is 0 Å². The minimum absolute atomic E-state index is 0.0843. The Labute approximate surface area is 125 Å². The maximum Gasteiger partial charge on any atom is 0.333 e. The molecular weight excluding hydrogens is 276 g/mol. The number of ether oxygens (including phenoxy) is 1. The van der Waals surface area contributed by atoms with Crippen molar-refractivity contribution < 1.29 is 9.53 Å². The first kappa shape index (κ1) is 15.3. The summed E-state index contributed by atoms with van der Waals surface area (Å²) in [6, 6.07) is 0. The highest BCUT2D eigenvalue weighted by molar-refractivity contribution is 8.18. The second-order valence-electron chi connectivity index (χ2n) is 5.68. The summed E-state index contributed by atoms with van der Waals surface area (Å²) in [4.78, 5) is 11.8. The van der Waals surface area contributed by atoms with Crippen molar-refractivity contribution in [3.05, 3.63) is 12.2 Å². The number of rotatable bonds is 3. The molecule has 0 aromatic heterocycles. The van der Waals surface area contributed by atoms with E-state index in [1.54, 1.807) is 6.92 Å². The molecule has 0 aromatic carbocycles. The van der Waals surface area contributed by atoms with E-state index in [0.717, 1.165) is 6.42 Å². The molecule has 2 fully saturated rings. The van der Waals surface area contributed by atoms with Crippen LogP contribution in [0.1, 0.15) is 46.0 Å². The summed E-state index contributed by atoms with van der Waals surface area (Å²) in [7, 11) is 0. The van der Waals surface area contributed by atoms with Crippen LogP contribution in [0.4, 0.5) is 0 Å². The number of hydrogen-bond donors (Lipinski definition) is 0. The molecule has 1 saturated carbocycles. The minimum atomic E-state index is -0.216. The van der Waals surface area contributed by atoms with E-state index in [9.17, 15) is 4.79 Å². The van der Waals surface area contributed by atoms with Gasteiger partial charge >= 0.3 is 5.97 Å². The van der Waals surface area contributed by atoms with Crippen molar-refractivity contribution in [1.82, 2.24) is 0 Å². The van der Waals surface area contributed by atoms with Gasteiger partial charge in [0.1, 0.15) is 6.10 Å². The summed E-state index contributed by atoms with van der Waals surface area (Å²) in [6.07, 6.45) is 6.03. The molecule has 19 heavy (non-hydrogen) atoms. The summed E-state index contributed by atoms with van der Waals surface area (Å²) >= 11 is 4.12. The maximum atomic E-state index is 11.8. The molecule has 0 aromatic rings. The van der Waals surface area contributed by atoms with Crippen molar-refractivity contribution in [2.75, 3.05) is 11.5 Å². The lowest BCUT2D eigenvalue weighted by atomic mass is 9.84. The van der Waals surface area contributed by atoms with E-state index >= 15 is 0 Å². The molecule has 1 aliphatic carbocycles. The standard InChI is InChI=1S/C15H24O2S2/c1-11(2)14(16)17-13-8-5-4-7-12(13)15(3)18-9-6-10-19-15/h12-13H,1,4-10H2,2-3H3. The number of hydrogen-bond acceptors (Lipinski definition) is 4. The smallest absolute Gasteiger partial charge is 0.333 e. The van der Waals surface area contributed by atoms with Gasteiger partial charge in [0.2, 0.25) is 0 Å². The first-order chi connectivity index (χ1) is 9.03. The predicted octanol–water partition coefficient (Wildman–Crippen LogP) is 4.25. The fraction of sp³-hybridized carbons (Fsp3) is 0.800. The number of thioether (sulfide) groups is 2. The predicted molar refractivity (Wildman–Crippen MR) is 84.6 cm³/mol. The molecule has 108 valence electrons. The van der Waals surface area contributed by atoms with Crippen LogP contribution >= 0.6 is 23.5 Å². The molecular formula is C15H24O2S2. The highest BCUT2D eigenvalue weighted by atomic mass is 32.2. The van der Waals surface area contributed by atoms with Gasteiger partial charge in [-0.1, -0.05) is 13.0 Å². The normalized spacial score (nSPS) is 30.6. The zero-order valence-electron chi connectivity index (χ0n) is 11.9. The Hall–Kier alpha value is -0.0900. The summed E-state index contributed by atoms with van der Waals surface area (Å²) in [5.41, 5.74) is 0.512. The maximum absolute atomic E-state index is 11.8. The van der Waals surface area contributed by atoms with Crippen molar-refractivity contribution in [3.8, 4) is 0 Å². The molecule has 1 aliphatic heterocycles. The van der Waals surface area contributed by atoms with Gasteiger partial charge < -0.3 is 4.74 Å². The molecule has 0 radical (unpaired) electrons. The SMILES string of the molecule is C=C(C)C(=O)OC1CCCCC1C1(C)SCCCS1. The number of esters is 1. The van der Waals surface area contributed by atoms with E-state index in [0.29, 0.717) is 11.5 Å². The summed E-state index contributed by atoms with van der Waals surface area (Å²) in [5, 5.41) is 0. The average Bonchev–Trinajstić information content (AvgIpc) is 2.40. The van der Waals surface area contributed by atoms with Crippen molar-refractivity contribution in [1.29, 1.82) is 0 Å². The average molecular weight is 300 g/mol. The van der Waals surface area contributed by atoms with Crippen LogP contribution in [-0.4, -0.2) is 27.7 Å². The van der Waals surface area contributed by atoms with Crippen molar-refractivity contribution in [2.45, 2.75) is 56.1 Å². The largest absolute Gasteiger partial charge is 0.459 e. The van der Waals surface area contributed by atoms with Crippen molar-refractivity contribution in [2.24, 2.45) is 5.92 Å². The molecule has 0 bridgehead atoms. The van der Waals surface area contributed by atoms with E-state index in [4.69, 9.17) is 4.74 Å². The first-order valence-corrected chi connectivity index (χ1v) is 9.14. The molecule has 2 aliphatic rings. The van der Waals surface area contributed by atoms with Gasteiger partial charge in [0.15, 0.2) is 0 Å². The third-order valence-electron chi connectivity index (χ3n) is 4.05. The van der Waals surface area contributed by atoms with Crippen LogP contribution in [0.25, 0.3) is 0 Å². The van der Waals surface area contributed by atoms with E-state index in [2.05, 4.69) is 37.0 Å². The third-order valence-corrected chi connectivity index (χ3v) is 7.49. The van der Waals surface area contributed by atoms with Crippen LogP contribution in [0.3, 0.4) is 0 Å². The highest BCUT2D eigenvalue weighted by Crippen LogP contribution is 2.52. The monoisotopic (exact) mass is 300 g/mol. The summed E-state index contributed by atoms with van der Waals surface area (Å²) in [5.74, 6) is 2.74. The second kappa shape index (κ2) is 6.57. The van der Waals surface area contributed by atoms with E-state index in [1.165, 1.54) is 37.2 Å². The molecule has 0 N–H and O–H groups in total. The molecule has 1 heterocycles. The molecule has 0 spiro atoms. The Kier molecular flexibility index (Phi) is 5.29. The molecule has 2 rings (SSSR count). The topological polar surface area (TPSA) is 26.3 Å². The zero-order valence-corrected chi connectivity index (χ0v) is 13.6. The van der Waals surface area contributed by atoms with Crippen LogP contribution in [0, 0.1) is 5.92 Å². The van der Waals surface area contributed by atoms with Gasteiger partial charge in [-0.25, -0.2) is 4.79 Å². The number of carbonyl (C=O) groups excluding carboxylic acids is 1. The van der Waals surface area contributed by atoms with Gasteiger partial charge in [-0.15, -0.1) is 23.5 Å². The lowest BCUT2D eigenvalue weighted by Crippen LogP contribution is -2.43. The van der Waals surface area contributed by atoms with Gasteiger partial charge in [0.25, 0.3) is 0 Å². The molecule has 1 saturated heterocycles. The molecule has 2 unspecified atom stereocenters. The molecule has 2 nitrogen and oxygen atoms in total. The lowest BCUT2D eigenvalue weighted by molar-refractivity contribution is -0.148. The van der Waals surface area contributed by atoms with Crippen LogP contribution in [-0.2, 0) is 9.53 Å². The van der Waals surface area contributed by atoms with Crippen LogP contribution in [0.2, 0.25) is 0 Å². The summed E-state index contributed by atoms with van der Waals surface area (Å²) < 4.78 is 5.94. The van der Waals surface area contributed by atoms with Crippen LogP contribution in [0.15, 0.2) is 12.2 Å². The quantitative estimate of drug-likeness (QED) is 0.575. The fourth-order valence-electron chi connectivity index (χ4n) is 2.94. The Morgan fingerprint density at radius 3 is 2.47 bits per heavy atom. The number of carbonyl (C=O) groups is 1. The zero-order chi connectivity index (χ0) is 13.9. The second-order valence-corrected chi connectivity index (χ2v) is 9.03. The van der Waals surface area contributed by atoms with E-state index in [1.807, 2.05) is 0 Å². The van der Waals surface area contributed by atoms with Crippen LogP contribution in [0.5, 0.6) is 0 Å². The van der Waals surface area contributed by atoms with Crippen molar-refractivity contribution in [3.63, 3.8) is 0 Å². The van der Waals surface area contributed by atoms with Gasteiger partial charge in [-0.05, 0) is 51.0 Å². The molecule has 2 atom stereocenters. The lowest BCUT2D eigenvalue weighted by Gasteiger charge is -2.44. The van der Waals surface area contributed by atoms with Crippen molar-refractivity contribution >= 4 is 29.5 Å². The Morgan fingerprint density at radius 1 is 1.21 bits per heavy atom. The van der Waals surface area contributed by atoms with Gasteiger partial charge in [0, 0.05) is 11.5 Å².